The van der Waals surface area contributed by atoms with E-state index in [0.717, 1.165) is 30.8 Å². The number of hydrogen-bond acceptors (Lipinski definition) is 5. The van der Waals surface area contributed by atoms with Gasteiger partial charge >= 0.3 is 0 Å². The molecule has 6 nitrogen and oxygen atoms in total. The van der Waals surface area contributed by atoms with Crippen molar-refractivity contribution in [2.75, 3.05) is 6.61 Å². The van der Waals surface area contributed by atoms with Gasteiger partial charge in [0.2, 0.25) is 5.91 Å². The fraction of sp³-hybridized carbons (Fsp3) is 0.333. The lowest BCUT2D eigenvalue weighted by molar-refractivity contribution is -0.123. The number of carbonyl (C=O) groups is 1. The fourth-order valence-electron chi connectivity index (χ4n) is 3.19. The summed E-state index contributed by atoms with van der Waals surface area (Å²) in [6, 6.07) is 9.97. The molecule has 24 heavy (non-hydrogen) atoms. The van der Waals surface area contributed by atoms with E-state index in [4.69, 9.17) is 4.74 Å². The number of hydrogen-bond donors (Lipinski definition) is 3. The molecule has 0 saturated carbocycles. The second kappa shape index (κ2) is 6.59. The Hall–Kier alpha value is -2.44. The summed E-state index contributed by atoms with van der Waals surface area (Å²) < 4.78 is 5.54. The van der Waals surface area contributed by atoms with Crippen molar-refractivity contribution in [1.29, 1.82) is 0 Å². The van der Waals surface area contributed by atoms with Crippen molar-refractivity contribution in [2.45, 2.75) is 31.5 Å². The minimum absolute atomic E-state index is 0.00153. The molecule has 3 N–H and O–H groups in total. The zero-order valence-corrected chi connectivity index (χ0v) is 13.3. The van der Waals surface area contributed by atoms with E-state index in [1.165, 1.54) is 11.1 Å². The molecule has 0 aliphatic carbocycles. The van der Waals surface area contributed by atoms with Gasteiger partial charge in [-0.2, -0.15) is 0 Å². The highest BCUT2D eigenvalue weighted by Gasteiger charge is 2.30. The molecule has 1 fully saturated rings. The highest BCUT2D eigenvalue weighted by atomic mass is 16.5. The van der Waals surface area contributed by atoms with Gasteiger partial charge in [-0.05, 0) is 35.2 Å². The molecule has 4 rings (SSSR count). The molecule has 2 atom stereocenters. The van der Waals surface area contributed by atoms with Crippen LogP contribution in [0.4, 0.5) is 0 Å². The van der Waals surface area contributed by atoms with Gasteiger partial charge in [0.25, 0.3) is 0 Å². The van der Waals surface area contributed by atoms with E-state index >= 15 is 0 Å². The van der Waals surface area contributed by atoms with Crippen molar-refractivity contribution in [2.24, 2.45) is 0 Å². The maximum Gasteiger partial charge on any atom is 0.238 e. The first-order valence-corrected chi connectivity index (χ1v) is 8.23. The molecular formula is C18H20N4O2. The molecule has 0 radical (unpaired) electrons. The van der Waals surface area contributed by atoms with E-state index in [1.54, 1.807) is 12.4 Å². The number of carbonyl (C=O) groups excluding carboxylic acids is 1. The first-order chi connectivity index (χ1) is 11.8. The normalized spacial score (nSPS) is 22.0. The van der Waals surface area contributed by atoms with Gasteiger partial charge in [0.05, 0.1) is 6.61 Å². The summed E-state index contributed by atoms with van der Waals surface area (Å²) in [5.41, 5.74) is 9.76. The molecule has 6 heteroatoms. The van der Waals surface area contributed by atoms with Gasteiger partial charge in [-0.1, -0.05) is 18.2 Å². The molecule has 1 amide bonds. The van der Waals surface area contributed by atoms with E-state index in [-0.39, 0.29) is 18.0 Å². The molecule has 2 aliphatic heterocycles. The molecule has 2 unspecified atom stereocenters. The van der Waals surface area contributed by atoms with E-state index < -0.39 is 0 Å². The zero-order chi connectivity index (χ0) is 16.4. The number of aromatic nitrogens is 1. The molecule has 124 valence electrons. The second-order valence-electron chi connectivity index (χ2n) is 6.17. The van der Waals surface area contributed by atoms with E-state index in [9.17, 15) is 4.79 Å². The predicted octanol–water partition coefficient (Wildman–Crippen LogP) is 1.24. The van der Waals surface area contributed by atoms with Crippen LogP contribution in [0.2, 0.25) is 0 Å². The average Bonchev–Trinajstić information content (AvgIpc) is 3.29. The number of pyridine rings is 1. The van der Waals surface area contributed by atoms with Crippen molar-refractivity contribution < 1.29 is 9.53 Å². The third-order valence-electron chi connectivity index (χ3n) is 4.53. The van der Waals surface area contributed by atoms with Crippen molar-refractivity contribution >= 4 is 5.91 Å². The van der Waals surface area contributed by atoms with Gasteiger partial charge in [-0.15, -0.1) is 0 Å². The molecule has 0 spiro atoms. The third-order valence-corrected chi connectivity index (χ3v) is 4.53. The van der Waals surface area contributed by atoms with Crippen LogP contribution in [0, 0.1) is 0 Å². The van der Waals surface area contributed by atoms with Crippen LogP contribution < -0.4 is 20.9 Å². The minimum Gasteiger partial charge on any atom is -0.493 e. The summed E-state index contributed by atoms with van der Waals surface area (Å²) >= 11 is 0. The highest BCUT2D eigenvalue weighted by Crippen LogP contribution is 2.30. The standard InChI is InChI=1S/C18H20N4O2/c23-18(20-11-12-2-1-6-19-10-12)16-9-15(21-22-16)13-3-4-17-14(8-13)5-7-24-17/h1-4,6,8,10,15-16,21-22H,5,7,9,11H2,(H,20,23). The molecular weight excluding hydrogens is 304 g/mol. The summed E-state index contributed by atoms with van der Waals surface area (Å²) in [5, 5.41) is 2.95. The maximum absolute atomic E-state index is 12.3. The number of nitrogens with one attached hydrogen (secondary N) is 3. The van der Waals surface area contributed by atoms with Gasteiger partial charge in [-0.3, -0.25) is 9.78 Å². The Morgan fingerprint density at radius 3 is 3.17 bits per heavy atom. The lowest BCUT2D eigenvalue weighted by Gasteiger charge is -2.11. The van der Waals surface area contributed by atoms with Crippen molar-refractivity contribution in [3.8, 4) is 5.75 Å². The largest absolute Gasteiger partial charge is 0.493 e. The maximum atomic E-state index is 12.3. The second-order valence-corrected chi connectivity index (χ2v) is 6.17. The Kier molecular flexibility index (Phi) is 4.15. The molecule has 0 bridgehead atoms. The van der Waals surface area contributed by atoms with Crippen LogP contribution in [0.3, 0.4) is 0 Å². The Morgan fingerprint density at radius 1 is 1.33 bits per heavy atom. The van der Waals surface area contributed by atoms with Crippen LogP contribution in [-0.4, -0.2) is 23.5 Å². The summed E-state index contributed by atoms with van der Waals surface area (Å²) in [6.07, 6.45) is 5.16. The quantitative estimate of drug-likeness (QED) is 0.789. The first-order valence-electron chi connectivity index (χ1n) is 8.23. The number of hydrazine groups is 1. The molecule has 2 aliphatic rings. The van der Waals surface area contributed by atoms with Gasteiger partial charge in [0.1, 0.15) is 11.8 Å². The Bertz CT molecular complexity index is 735. The van der Waals surface area contributed by atoms with Crippen LogP contribution >= 0.6 is 0 Å². The Balaban J connectivity index is 1.35. The fourth-order valence-corrected chi connectivity index (χ4v) is 3.19. The Morgan fingerprint density at radius 2 is 2.29 bits per heavy atom. The summed E-state index contributed by atoms with van der Waals surface area (Å²) in [4.78, 5) is 16.4. The van der Waals surface area contributed by atoms with Crippen LogP contribution in [-0.2, 0) is 17.8 Å². The van der Waals surface area contributed by atoms with Gasteiger partial charge in [0.15, 0.2) is 0 Å². The first kappa shape index (κ1) is 15.1. The summed E-state index contributed by atoms with van der Waals surface area (Å²) in [7, 11) is 0. The Labute approximate surface area is 140 Å². The van der Waals surface area contributed by atoms with E-state index in [0.29, 0.717) is 6.54 Å². The SMILES string of the molecule is O=C(NCc1cccnc1)C1CC(c2ccc3c(c2)CCO3)NN1. The van der Waals surface area contributed by atoms with Crippen LogP contribution in [0.1, 0.15) is 29.2 Å². The highest BCUT2D eigenvalue weighted by molar-refractivity contribution is 5.82. The smallest absolute Gasteiger partial charge is 0.238 e. The third kappa shape index (κ3) is 3.11. The van der Waals surface area contributed by atoms with Crippen LogP contribution in [0.15, 0.2) is 42.7 Å². The molecule has 1 saturated heterocycles. The van der Waals surface area contributed by atoms with Crippen LogP contribution in [0.25, 0.3) is 0 Å². The molecule has 2 aromatic rings. The molecule has 1 aromatic carbocycles. The van der Waals surface area contributed by atoms with Gasteiger partial charge in [-0.25, -0.2) is 10.9 Å². The van der Waals surface area contributed by atoms with E-state index in [1.807, 2.05) is 18.2 Å². The predicted molar refractivity (Wildman–Crippen MR) is 89.1 cm³/mol. The summed E-state index contributed by atoms with van der Waals surface area (Å²) in [5.74, 6) is 0.980. The number of rotatable bonds is 4. The van der Waals surface area contributed by atoms with Crippen molar-refractivity contribution in [3.63, 3.8) is 0 Å². The number of amides is 1. The lowest BCUT2D eigenvalue weighted by Crippen LogP contribution is -2.42. The number of benzene rings is 1. The van der Waals surface area contributed by atoms with Crippen molar-refractivity contribution in [1.82, 2.24) is 21.2 Å². The van der Waals surface area contributed by atoms with E-state index in [2.05, 4.69) is 33.3 Å². The molecule has 1 aromatic heterocycles. The van der Waals surface area contributed by atoms with Gasteiger partial charge in [0, 0.05) is 31.4 Å². The molecule has 3 heterocycles. The zero-order valence-electron chi connectivity index (χ0n) is 13.3. The number of nitrogens with zero attached hydrogens (tertiary/aromatic N) is 1. The number of ether oxygens (including phenoxy) is 1. The van der Waals surface area contributed by atoms with Crippen molar-refractivity contribution in [3.05, 3.63) is 59.4 Å². The monoisotopic (exact) mass is 324 g/mol. The van der Waals surface area contributed by atoms with Gasteiger partial charge < -0.3 is 10.1 Å². The minimum atomic E-state index is -0.240. The number of fused-ring (bicyclic) bond motifs is 1. The average molecular weight is 324 g/mol. The summed E-state index contributed by atoms with van der Waals surface area (Å²) in [6.45, 7) is 1.25. The topological polar surface area (TPSA) is 75.3 Å². The lowest BCUT2D eigenvalue weighted by atomic mass is 9.99. The van der Waals surface area contributed by atoms with Crippen LogP contribution in [0.5, 0.6) is 5.75 Å².